The maximum absolute atomic E-state index is 13.8. The summed E-state index contributed by atoms with van der Waals surface area (Å²) in [7, 11) is 3.07. The lowest BCUT2D eigenvalue weighted by Crippen LogP contribution is -2.61. The number of hydrogen-bond acceptors (Lipinski definition) is 6. The van der Waals surface area contributed by atoms with Gasteiger partial charge in [-0.1, -0.05) is 84.0 Å². The molecule has 1 amide bonds. The van der Waals surface area contributed by atoms with E-state index in [9.17, 15) is 14.3 Å². The zero-order valence-corrected chi connectivity index (χ0v) is 34.5. The van der Waals surface area contributed by atoms with Gasteiger partial charge in [0.1, 0.15) is 17.5 Å². The minimum Gasteiger partial charge on any atom is -0.457 e. The van der Waals surface area contributed by atoms with Gasteiger partial charge in [0.15, 0.2) is 0 Å². The van der Waals surface area contributed by atoms with Crippen molar-refractivity contribution in [1.29, 1.82) is 5.26 Å². The molecule has 9 heteroatoms. The van der Waals surface area contributed by atoms with Crippen LogP contribution in [0.15, 0.2) is 72.8 Å². The number of likely N-dealkylation sites (N-methyl/N-ethyl adjacent to an activating group) is 1. The van der Waals surface area contributed by atoms with Gasteiger partial charge in [0.05, 0.1) is 22.6 Å². The summed E-state index contributed by atoms with van der Waals surface area (Å²) in [6.07, 6.45) is 3.94. The van der Waals surface area contributed by atoms with Crippen LogP contribution in [-0.2, 0) is 35.4 Å². The highest BCUT2D eigenvalue weighted by molar-refractivity contribution is 7.82. The van der Waals surface area contributed by atoms with Crippen LogP contribution >= 0.6 is 0 Å². The van der Waals surface area contributed by atoms with Crippen molar-refractivity contribution in [2.24, 2.45) is 28.6 Å². The molecule has 1 N–H and O–H groups in total. The van der Waals surface area contributed by atoms with E-state index in [0.29, 0.717) is 59.7 Å². The Morgan fingerprint density at radius 3 is 2.43 bits per heavy atom. The highest BCUT2D eigenvalue weighted by Gasteiger charge is 2.56. The monoisotopic (exact) mass is 751 g/mol. The molecule has 3 saturated carbocycles. The summed E-state index contributed by atoms with van der Waals surface area (Å²) in [5.41, 5.74) is 4.41. The fraction of sp³-hybridized carbons (Fsp3) is 0.556. The SMILES string of the molecule is C[C@@H]1C(NC(=O)C2CCS(=O)N2Cc2cccc(CN(Cc3ccccc3Oc3ccc(C#N)cc3)[C@H](CN(C)C)CC(C)(C)C)c2)CC2CC1C2(C)C. The van der Waals surface area contributed by atoms with Gasteiger partial charge >= 0.3 is 0 Å². The van der Waals surface area contributed by atoms with Crippen molar-refractivity contribution in [2.75, 3.05) is 26.4 Å². The Morgan fingerprint density at radius 2 is 1.76 bits per heavy atom. The van der Waals surface area contributed by atoms with Gasteiger partial charge in [-0.3, -0.25) is 9.69 Å². The van der Waals surface area contributed by atoms with Crippen LogP contribution in [0.2, 0.25) is 0 Å². The maximum Gasteiger partial charge on any atom is 0.238 e. The lowest BCUT2D eigenvalue weighted by molar-refractivity contribution is -0.136. The highest BCUT2D eigenvalue weighted by Crippen LogP contribution is 2.61. The van der Waals surface area contributed by atoms with E-state index < -0.39 is 11.0 Å². The normalized spacial score (nSPS) is 25.6. The molecule has 1 saturated heterocycles. The summed E-state index contributed by atoms with van der Waals surface area (Å²) in [5.74, 6) is 3.83. The number of hydrogen-bond donors (Lipinski definition) is 1. The molecule has 1 heterocycles. The van der Waals surface area contributed by atoms with Crippen LogP contribution in [0.4, 0.5) is 0 Å². The number of nitrogens with one attached hydrogen (secondary N) is 1. The summed E-state index contributed by atoms with van der Waals surface area (Å²) in [5, 5.41) is 12.7. The third-order valence-corrected chi connectivity index (χ3v) is 13.9. The first kappa shape index (κ1) is 40.1. The van der Waals surface area contributed by atoms with E-state index in [1.165, 1.54) is 12.0 Å². The minimum atomic E-state index is -1.20. The molecule has 3 aromatic rings. The van der Waals surface area contributed by atoms with Crippen molar-refractivity contribution in [1.82, 2.24) is 19.4 Å². The Morgan fingerprint density at radius 1 is 1.04 bits per heavy atom. The van der Waals surface area contributed by atoms with E-state index >= 15 is 0 Å². The van der Waals surface area contributed by atoms with Gasteiger partial charge in [-0.05, 0) is 110 Å². The number of nitrogens with zero attached hydrogens (tertiary/aromatic N) is 4. The number of fused-ring (bicyclic) bond motifs is 2. The molecule has 7 rings (SSSR count). The average molecular weight is 752 g/mol. The van der Waals surface area contributed by atoms with Crippen molar-refractivity contribution in [3.63, 3.8) is 0 Å². The second-order valence-electron chi connectivity index (χ2n) is 18.2. The molecule has 3 aliphatic carbocycles. The van der Waals surface area contributed by atoms with Gasteiger partial charge < -0.3 is 15.0 Å². The maximum atomic E-state index is 13.8. The fourth-order valence-electron chi connectivity index (χ4n) is 9.35. The van der Waals surface area contributed by atoms with Crippen LogP contribution in [0, 0.1) is 39.9 Å². The van der Waals surface area contributed by atoms with E-state index in [0.717, 1.165) is 42.8 Å². The number of rotatable bonds is 14. The number of carbonyl (C=O) groups excluding carboxylic acids is 1. The first-order valence-corrected chi connectivity index (χ1v) is 21.1. The quantitative estimate of drug-likeness (QED) is 0.179. The average Bonchev–Trinajstić information content (AvgIpc) is 3.48. The van der Waals surface area contributed by atoms with Crippen LogP contribution in [0.5, 0.6) is 11.5 Å². The summed E-state index contributed by atoms with van der Waals surface area (Å²) in [6, 6.07) is 26.3. The van der Waals surface area contributed by atoms with E-state index in [-0.39, 0.29) is 29.4 Å². The molecule has 4 fully saturated rings. The Balaban J connectivity index is 1.20. The fourth-order valence-corrected chi connectivity index (χ4v) is 10.8. The van der Waals surface area contributed by atoms with Gasteiger partial charge in [0.2, 0.25) is 5.91 Å². The molecule has 1 aliphatic heterocycles. The standard InChI is InChI=1S/C45H61N5O3S/c1-31-39-23-36(45(39,5)6)24-40(31)47-43(51)41-20-21-54(52)50(41)28-34-13-11-12-33(22-34)27-49(37(30-48(7)8)25-44(2,3)4)29-35-14-9-10-15-42(35)53-38-18-16-32(26-46)17-19-38/h9-19,22,31,36-37,39-41H,20-21,23-25,27-30H2,1-8H3,(H,47,51)/t31-,36?,37-,39?,40?,41?,54?/m0/s1. The molecule has 2 bridgehead atoms. The highest BCUT2D eigenvalue weighted by atomic mass is 32.2. The number of benzene rings is 3. The van der Waals surface area contributed by atoms with Crippen molar-refractivity contribution < 1.29 is 13.7 Å². The topological polar surface area (TPSA) is 88.9 Å². The van der Waals surface area contributed by atoms with E-state index in [1.54, 1.807) is 12.1 Å². The molecule has 8 nitrogen and oxygen atoms in total. The Hall–Kier alpha value is -3.55. The van der Waals surface area contributed by atoms with Crippen LogP contribution in [0.25, 0.3) is 0 Å². The number of para-hydroxylation sites is 1. The molecule has 0 radical (unpaired) electrons. The third-order valence-electron chi connectivity index (χ3n) is 12.4. The van der Waals surface area contributed by atoms with Gasteiger partial charge in [-0.2, -0.15) is 5.26 Å². The molecular weight excluding hydrogens is 691 g/mol. The molecule has 4 aliphatic rings. The molecule has 3 aromatic carbocycles. The lowest BCUT2D eigenvalue weighted by atomic mass is 9.45. The van der Waals surface area contributed by atoms with Crippen molar-refractivity contribution in [2.45, 2.75) is 105 Å². The first-order chi connectivity index (χ1) is 25.6. The number of ether oxygens (including phenoxy) is 1. The Bertz CT molecular complexity index is 1830. The summed E-state index contributed by atoms with van der Waals surface area (Å²) >= 11 is 0. The minimum absolute atomic E-state index is 0.0368. The van der Waals surface area contributed by atoms with E-state index in [1.807, 2.05) is 28.6 Å². The van der Waals surface area contributed by atoms with Crippen molar-refractivity contribution in [3.8, 4) is 17.6 Å². The number of amides is 1. The predicted molar refractivity (Wildman–Crippen MR) is 218 cm³/mol. The Kier molecular flexibility index (Phi) is 12.4. The molecule has 0 aromatic heterocycles. The molecule has 0 spiro atoms. The zero-order chi connectivity index (χ0) is 38.8. The predicted octanol–water partition coefficient (Wildman–Crippen LogP) is 8.14. The van der Waals surface area contributed by atoms with Gasteiger partial charge in [0, 0.05) is 49.6 Å². The smallest absolute Gasteiger partial charge is 0.238 e. The van der Waals surface area contributed by atoms with Gasteiger partial charge in [-0.15, -0.1) is 0 Å². The van der Waals surface area contributed by atoms with Gasteiger partial charge in [-0.25, -0.2) is 8.51 Å². The zero-order valence-electron chi connectivity index (χ0n) is 33.7. The first-order valence-electron chi connectivity index (χ1n) is 19.8. The number of carbonyl (C=O) groups is 1. The van der Waals surface area contributed by atoms with Crippen molar-refractivity contribution >= 4 is 16.9 Å². The van der Waals surface area contributed by atoms with E-state index in [2.05, 4.69) is 113 Å². The largest absolute Gasteiger partial charge is 0.457 e. The molecule has 290 valence electrons. The second-order valence-corrected chi connectivity index (χ2v) is 19.7. The molecular formula is C45H61N5O3S. The van der Waals surface area contributed by atoms with Crippen LogP contribution in [0.1, 0.15) is 89.5 Å². The van der Waals surface area contributed by atoms with Crippen LogP contribution in [-0.4, -0.2) is 68.7 Å². The van der Waals surface area contributed by atoms with Gasteiger partial charge in [0.25, 0.3) is 0 Å². The van der Waals surface area contributed by atoms with Crippen LogP contribution < -0.4 is 10.1 Å². The lowest BCUT2D eigenvalue weighted by Gasteiger charge is -2.62. The Labute approximate surface area is 326 Å². The van der Waals surface area contributed by atoms with Crippen LogP contribution in [0.3, 0.4) is 0 Å². The summed E-state index contributed by atoms with van der Waals surface area (Å²) in [6.45, 7) is 16.8. The molecule has 54 heavy (non-hydrogen) atoms. The molecule has 5 unspecified atom stereocenters. The summed E-state index contributed by atoms with van der Waals surface area (Å²) in [4.78, 5) is 18.6. The molecule has 7 atom stereocenters. The van der Waals surface area contributed by atoms with E-state index in [4.69, 9.17) is 4.74 Å². The summed E-state index contributed by atoms with van der Waals surface area (Å²) < 4.78 is 21.7. The number of nitriles is 1. The van der Waals surface area contributed by atoms with Crippen molar-refractivity contribution in [3.05, 3.63) is 95.1 Å². The third kappa shape index (κ3) is 9.45. The second kappa shape index (κ2) is 16.7.